The number of fused-ring (bicyclic) bond motifs is 1. The maximum atomic E-state index is 12.7. The minimum Gasteiger partial charge on any atom is -0.302 e. The average molecular weight is 442 g/mol. The Balaban J connectivity index is 1.50. The van der Waals surface area contributed by atoms with Gasteiger partial charge in [-0.1, -0.05) is 35.9 Å². The second-order valence-corrected chi connectivity index (χ2v) is 8.27. The summed E-state index contributed by atoms with van der Waals surface area (Å²) < 4.78 is 1.44. The highest BCUT2D eigenvalue weighted by Crippen LogP contribution is 2.29. The van der Waals surface area contributed by atoms with E-state index < -0.39 is 11.9 Å². The summed E-state index contributed by atoms with van der Waals surface area (Å²) >= 11 is 7.34. The number of imide groups is 1. The lowest BCUT2D eigenvalue weighted by molar-refractivity contribution is -0.405. The summed E-state index contributed by atoms with van der Waals surface area (Å²) in [4.78, 5) is 43.0. The van der Waals surface area contributed by atoms with E-state index in [9.17, 15) is 14.4 Å². The van der Waals surface area contributed by atoms with Gasteiger partial charge in [-0.15, -0.1) is 11.3 Å². The molecule has 30 heavy (non-hydrogen) atoms. The van der Waals surface area contributed by atoms with Crippen LogP contribution >= 0.6 is 22.9 Å². The van der Waals surface area contributed by atoms with E-state index in [1.54, 1.807) is 31.3 Å². The number of halogens is 1. The van der Waals surface area contributed by atoms with Gasteiger partial charge in [0, 0.05) is 22.4 Å². The van der Waals surface area contributed by atoms with Gasteiger partial charge in [-0.05, 0) is 23.8 Å². The Hall–Kier alpha value is -3.10. The summed E-state index contributed by atoms with van der Waals surface area (Å²) in [5.41, 5.74) is 2.79. The molecule has 2 aliphatic rings. The van der Waals surface area contributed by atoms with E-state index in [2.05, 4.69) is 10.3 Å². The molecule has 1 aliphatic carbocycles. The minimum absolute atomic E-state index is 0.0200. The Labute approximate surface area is 182 Å². The molecule has 4 rings (SSSR count). The molecule has 0 spiro atoms. The normalized spacial score (nSPS) is 18.4. The lowest BCUT2D eigenvalue weighted by Crippen LogP contribution is -2.52. The average Bonchev–Trinajstić information content (AvgIpc) is 3.19. The molecule has 9 heteroatoms. The first-order valence-corrected chi connectivity index (χ1v) is 10.4. The molecule has 0 saturated heterocycles. The van der Waals surface area contributed by atoms with Crippen LogP contribution in [0.25, 0.3) is 11.3 Å². The molecule has 1 N–H and O–H groups in total. The van der Waals surface area contributed by atoms with Crippen molar-refractivity contribution in [1.82, 2.24) is 9.88 Å². The zero-order valence-electron chi connectivity index (χ0n) is 16.3. The molecule has 1 aromatic heterocycles. The van der Waals surface area contributed by atoms with E-state index in [0.29, 0.717) is 21.4 Å². The monoisotopic (exact) mass is 441 g/mol. The number of hydrogen-bond donors (Lipinski definition) is 1. The third-order valence-corrected chi connectivity index (χ3v) is 6.01. The number of carbonyl (C=O) groups excluding carboxylic acids is 3. The van der Waals surface area contributed by atoms with Crippen LogP contribution in [-0.2, 0) is 9.59 Å². The van der Waals surface area contributed by atoms with Crippen LogP contribution in [0.4, 0.5) is 9.93 Å². The van der Waals surface area contributed by atoms with Gasteiger partial charge in [-0.2, -0.15) is 14.3 Å². The van der Waals surface area contributed by atoms with Gasteiger partial charge in [-0.3, -0.25) is 4.79 Å². The van der Waals surface area contributed by atoms with Gasteiger partial charge >= 0.3 is 11.9 Å². The Morgan fingerprint density at radius 2 is 2.17 bits per heavy atom. The second-order valence-electron chi connectivity index (χ2n) is 6.97. The van der Waals surface area contributed by atoms with E-state index in [-0.39, 0.29) is 18.2 Å². The highest BCUT2D eigenvalue weighted by molar-refractivity contribution is 7.14. The molecule has 7 nitrogen and oxygen atoms in total. The maximum absolute atomic E-state index is 12.7. The van der Waals surface area contributed by atoms with Crippen molar-refractivity contribution in [1.29, 1.82) is 0 Å². The third kappa shape index (κ3) is 3.71. The number of urea groups is 1. The topological polar surface area (TPSA) is 82.4 Å². The zero-order chi connectivity index (χ0) is 21.4. The lowest BCUT2D eigenvalue weighted by atomic mass is 9.85. The van der Waals surface area contributed by atoms with Crippen LogP contribution in [0.3, 0.4) is 0 Å². The van der Waals surface area contributed by atoms with Crippen molar-refractivity contribution in [3.63, 3.8) is 0 Å². The number of allylic oxidation sites excluding steroid dienone is 3. The number of nitrogens with zero attached hydrogens (tertiary/aromatic N) is 3. The summed E-state index contributed by atoms with van der Waals surface area (Å²) in [6.45, 7) is 0. The number of hydrogen-bond acceptors (Lipinski definition) is 5. The fourth-order valence-corrected chi connectivity index (χ4v) is 4.41. The molecule has 1 aliphatic heterocycles. The van der Waals surface area contributed by atoms with Crippen LogP contribution in [0, 0.1) is 5.92 Å². The standard InChI is InChI=1S/C21H17ClN4O3S/c1-25-16-8-4-6-13(18(16)19(28)26(2)21(25)29)10-17(27)24-20-23-15(11-30-20)12-5-3-7-14(22)9-12/h3-9,11,18H,10H2,1-2H3/p+1. The summed E-state index contributed by atoms with van der Waals surface area (Å²) in [7, 11) is 3.06. The van der Waals surface area contributed by atoms with Crippen LogP contribution in [0.5, 0.6) is 0 Å². The summed E-state index contributed by atoms with van der Waals surface area (Å²) in [5, 5.41) is 5.71. The van der Waals surface area contributed by atoms with Crippen LogP contribution in [0.2, 0.25) is 5.02 Å². The highest BCUT2D eigenvalue weighted by Gasteiger charge is 2.46. The largest absolute Gasteiger partial charge is 0.500 e. The first-order chi connectivity index (χ1) is 14.3. The minimum atomic E-state index is -0.647. The molecular formula is C21H18ClN4O3S+. The molecule has 4 amide bonds. The lowest BCUT2D eigenvalue weighted by Gasteiger charge is -2.27. The first-order valence-electron chi connectivity index (χ1n) is 9.15. The molecule has 152 valence electrons. The fourth-order valence-electron chi connectivity index (χ4n) is 3.49. The van der Waals surface area contributed by atoms with Gasteiger partial charge in [0.1, 0.15) is 11.6 Å². The summed E-state index contributed by atoms with van der Waals surface area (Å²) in [6.07, 6.45) is 5.25. The van der Waals surface area contributed by atoms with Gasteiger partial charge in [0.25, 0.3) is 0 Å². The predicted octanol–water partition coefficient (Wildman–Crippen LogP) is 3.58. The van der Waals surface area contributed by atoms with Crippen molar-refractivity contribution >= 4 is 51.6 Å². The molecule has 2 heterocycles. The van der Waals surface area contributed by atoms with Crippen molar-refractivity contribution in [2.75, 3.05) is 19.4 Å². The van der Waals surface area contributed by atoms with E-state index in [1.165, 1.54) is 23.0 Å². The first kappa shape index (κ1) is 20.2. The number of aromatic nitrogens is 1. The van der Waals surface area contributed by atoms with E-state index >= 15 is 0 Å². The van der Waals surface area contributed by atoms with Crippen molar-refractivity contribution in [3.05, 3.63) is 58.5 Å². The van der Waals surface area contributed by atoms with Crippen molar-refractivity contribution in [2.24, 2.45) is 5.92 Å². The number of nitrogens with one attached hydrogen (secondary N) is 1. The van der Waals surface area contributed by atoms with Crippen LogP contribution < -0.4 is 5.32 Å². The Morgan fingerprint density at radius 3 is 2.93 bits per heavy atom. The van der Waals surface area contributed by atoms with Gasteiger partial charge in [0.2, 0.25) is 5.91 Å². The van der Waals surface area contributed by atoms with E-state index in [4.69, 9.17) is 11.6 Å². The fraction of sp³-hybridized carbons (Fsp3) is 0.190. The second kappa shape index (κ2) is 7.97. The van der Waals surface area contributed by atoms with Crippen LogP contribution in [-0.4, -0.2) is 52.1 Å². The van der Waals surface area contributed by atoms with Gasteiger partial charge < -0.3 is 5.32 Å². The Kier molecular flexibility index (Phi) is 5.36. The van der Waals surface area contributed by atoms with Gasteiger partial charge in [0.15, 0.2) is 5.13 Å². The number of amides is 4. The molecule has 1 aromatic carbocycles. The smallest absolute Gasteiger partial charge is 0.302 e. The number of benzene rings is 1. The summed E-state index contributed by atoms with van der Waals surface area (Å²) in [5.74, 6) is -1.27. The molecule has 0 fully saturated rings. The van der Waals surface area contributed by atoms with Crippen molar-refractivity contribution < 1.29 is 19.0 Å². The maximum Gasteiger partial charge on any atom is 0.500 e. The van der Waals surface area contributed by atoms with Crippen molar-refractivity contribution in [3.8, 4) is 11.3 Å². The molecule has 1 unspecified atom stereocenters. The third-order valence-electron chi connectivity index (χ3n) is 5.02. The zero-order valence-corrected chi connectivity index (χ0v) is 17.8. The number of carbonyl (C=O) groups is 3. The molecule has 2 aromatic rings. The number of thiazole rings is 1. The Bertz CT molecular complexity index is 1160. The summed E-state index contributed by atoms with van der Waals surface area (Å²) in [6, 6.07) is 6.94. The van der Waals surface area contributed by atoms with E-state index in [1.807, 2.05) is 23.6 Å². The molecule has 1 atom stereocenters. The quantitative estimate of drug-likeness (QED) is 0.735. The number of anilines is 1. The molecule has 0 radical (unpaired) electrons. The SMILES string of the molecule is CN1C(=O)C2C(CC(=O)Nc3nc(-c4cccc(Cl)c4)cs3)=CC=CC2=[N+](C)C1=O. The molecular weight excluding hydrogens is 424 g/mol. The van der Waals surface area contributed by atoms with Crippen LogP contribution in [0.15, 0.2) is 53.4 Å². The van der Waals surface area contributed by atoms with E-state index in [0.717, 1.165) is 16.2 Å². The van der Waals surface area contributed by atoms with Crippen molar-refractivity contribution in [2.45, 2.75) is 6.42 Å². The molecule has 0 saturated carbocycles. The van der Waals surface area contributed by atoms with Gasteiger partial charge in [-0.25, -0.2) is 9.78 Å². The highest BCUT2D eigenvalue weighted by atomic mass is 35.5. The molecule has 0 bridgehead atoms. The Morgan fingerprint density at radius 1 is 1.37 bits per heavy atom. The predicted molar refractivity (Wildman–Crippen MR) is 116 cm³/mol. The van der Waals surface area contributed by atoms with Crippen LogP contribution in [0.1, 0.15) is 6.42 Å². The number of rotatable bonds is 4. The van der Waals surface area contributed by atoms with Gasteiger partial charge in [0.05, 0.1) is 19.8 Å².